The average Bonchev–Trinajstić information content (AvgIpc) is 2.66. The van der Waals surface area contributed by atoms with E-state index in [9.17, 15) is 14.0 Å². The summed E-state index contributed by atoms with van der Waals surface area (Å²) in [6.07, 6.45) is 0.780. The molecule has 2 aromatic carbocycles. The van der Waals surface area contributed by atoms with Gasteiger partial charge in [0.1, 0.15) is 5.82 Å². The Kier molecular flexibility index (Phi) is 5.91. The Morgan fingerprint density at radius 2 is 2.04 bits per heavy atom. The number of nitrogens with zero attached hydrogens (tertiary/aromatic N) is 2. The molecule has 0 saturated heterocycles. The van der Waals surface area contributed by atoms with Gasteiger partial charge in [-0.25, -0.2) is 9.37 Å². The number of halogens is 1. The molecule has 5 nitrogen and oxygen atoms in total. The van der Waals surface area contributed by atoms with Crippen molar-refractivity contribution < 1.29 is 9.18 Å². The van der Waals surface area contributed by atoms with Crippen LogP contribution in [0.3, 0.4) is 0 Å². The maximum Gasteiger partial charge on any atom is 0.262 e. The molecule has 1 N–H and O–H groups in total. The SMILES string of the molecule is CCCn1c(SCC(=O)Nc2ccc(C)c(F)c2)nc2ccccc2c1=O. The van der Waals surface area contributed by atoms with E-state index < -0.39 is 0 Å². The van der Waals surface area contributed by atoms with Crippen molar-refractivity contribution in [2.24, 2.45) is 0 Å². The number of anilines is 1. The predicted octanol–water partition coefficient (Wildman–Crippen LogP) is 3.98. The Morgan fingerprint density at radius 1 is 1.26 bits per heavy atom. The number of hydrogen-bond donors (Lipinski definition) is 1. The fraction of sp³-hybridized carbons (Fsp3) is 0.250. The van der Waals surface area contributed by atoms with Crippen molar-refractivity contribution in [3.63, 3.8) is 0 Å². The zero-order valence-corrected chi connectivity index (χ0v) is 16.0. The molecule has 0 atom stereocenters. The smallest absolute Gasteiger partial charge is 0.262 e. The minimum atomic E-state index is -0.367. The number of thioether (sulfide) groups is 1. The van der Waals surface area contributed by atoms with Crippen LogP contribution in [-0.2, 0) is 11.3 Å². The van der Waals surface area contributed by atoms with Crippen LogP contribution in [0, 0.1) is 12.7 Å². The van der Waals surface area contributed by atoms with Gasteiger partial charge in [-0.05, 0) is 43.2 Å². The second-order valence-corrected chi connectivity index (χ2v) is 7.11. The molecule has 140 valence electrons. The number of rotatable bonds is 6. The van der Waals surface area contributed by atoms with Gasteiger partial charge in [-0.1, -0.05) is 36.9 Å². The van der Waals surface area contributed by atoms with Crippen LogP contribution in [0.15, 0.2) is 52.4 Å². The number of aromatic nitrogens is 2. The molecule has 3 rings (SSSR count). The molecule has 3 aromatic rings. The highest BCUT2D eigenvalue weighted by molar-refractivity contribution is 7.99. The normalized spacial score (nSPS) is 10.9. The molecule has 0 fully saturated rings. The van der Waals surface area contributed by atoms with Crippen molar-refractivity contribution in [1.82, 2.24) is 9.55 Å². The van der Waals surface area contributed by atoms with Crippen LogP contribution in [0.25, 0.3) is 10.9 Å². The van der Waals surface area contributed by atoms with Crippen molar-refractivity contribution in [2.75, 3.05) is 11.1 Å². The number of aryl methyl sites for hydroxylation is 1. The molecule has 0 aliphatic heterocycles. The van der Waals surface area contributed by atoms with Crippen LogP contribution < -0.4 is 10.9 Å². The van der Waals surface area contributed by atoms with Crippen LogP contribution >= 0.6 is 11.8 Å². The summed E-state index contributed by atoms with van der Waals surface area (Å²) in [6.45, 7) is 4.17. The third-order valence-corrected chi connectivity index (χ3v) is 5.04. The Morgan fingerprint density at radius 3 is 2.78 bits per heavy atom. The van der Waals surface area contributed by atoms with Gasteiger partial charge in [0.15, 0.2) is 5.16 Å². The summed E-state index contributed by atoms with van der Waals surface area (Å²) in [6, 6.07) is 11.7. The third kappa shape index (κ3) is 4.36. The van der Waals surface area contributed by atoms with Gasteiger partial charge in [0, 0.05) is 12.2 Å². The van der Waals surface area contributed by atoms with Crippen molar-refractivity contribution in [3.05, 3.63) is 64.2 Å². The van der Waals surface area contributed by atoms with E-state index in [-0.39, 0.29) is 23.0 Å². The molecule has 7 heteroatoms. The van der Waals surface area contributed by atoms with Crippen LogP contribution in [0.5, 0.6) is 0 Å². The summed E-state index contributed by atoms with van der Waals surface area (Å²) in [4.78, 5) is 29.5. The molecule has 0 unspecified atom stereocenters. The molecular formula is C20H20FN3O2S. The molecule has 0 saturated carbocycles. The maximum absolute atomic E-state index is 13.6. The quantitative estimate of drug-likeness (QED) is 0.515. The predicted molar refractivity (Wildman–Crippen MR) is 107 cm³/mol. The molecule has 0 bridgehead atoms. The first kappa shape index (κ1) is 19.1. The van der Waals surface area contributed by atoms with E-state index in [2.05, 4.69) is 10.3 Å². The highest BCUT2D eigenvalue weighted by Crippen LogP contribution is 2.19. The number of nitrogens with one attached hydrogen (secondary N) is 1. The van der Waals surface area contributed by atoms with Gasteiger partial charge >= 0.3 is 0 Å². The fourth-order valence-corrected chi connectivity index (χ4v) is 3.50. The summed E-state index contributed by atoms with van der Waals surface area (Å²) < 4.78 is 15.2. The fourth-order valence-electron chi connectivity index (χ4n) is 2.68. The highest BCUT2D eigenvalue weighted by atomic mass is 32.2. The Hall–Kier alpha value is -2.67. The molecule has 27 heavy (non-hydrogen) atoms. The van der Waals surface area contributed by atoms with Gasteiger partial charge in [0.05, 0.1) is 16.7 Å². The van der Waals surface area contributed by atoms with E-state index >= 15 is 0 Å². The zero-order chi connectivity index (χ0) is 19.4. The van der Waals surface area contributed by atoms with E-state index in [4.69, 9.17) is 0 Å². The topological polar surface area (TPSA) is 64.0 Å². The van der Waals surface area contributed by atoms with Gasteiger partial charge in [-0.15, -0.1) is 0 Å². The molecule has 1 heterocycles. The van der Waals surface area contributed by atoms with Crippen LogP contribution in [-0.4, -0.2) is 21.2 Å². The van der Waals surface area contributed by atoms with E-state index in [1.54, 1.807) is 35.8 Å². The molecule has 1 amide bonds. The first-order valence-electron chi connectivity index (χ1n) is 8.68. The minimum absolute atomic E-state index is 0.0734. The van der Waals surface area contributed by atoms with Gasteiger partial charge in [-0.3, -0.25) is 14.2 Å². The maximum atomic E-state index is 13.6. The van der Waals surface area contributed by atoms with E-state index in [0.717, 1.165) is 6.42 Å². The third-order valence-electron chi connectivity index (χ3n) is 4.06. The average molecular weight is 385 g/mol. The summed E-state index contributed by atoms with van der Waals surface area (Å²) in [5.74, 6) is -0.577. The highest BCUT2D eigenvalue weighted by Gasteiger charge is 2.13. The first-order chi connectivity index (χ1) is 13.0. The monoisotopic (exact) mass is 385 g/mol. The van der Waals surface area contributed by atoms with Crippen molar-refractivity contribution >= 4 is 34.3 Å². The number of amides is 1. The lowest BCUT2D eigenvalue weighted by molar-refractivity contribution is -0.113. The lowest BCUT2D eigenvalue weighted by Crippen LogP contribution is -2.24. The number of carbonyl (C=O) groups is 1. The summed E-state index contributed by atoms with van der Waals surface area (Å²) in [5, 5.41) is 3.74. The van der Waals surface area contributed by atoms with Gasteiger partial charge in [0.2, 0.25) is 5.91 Å². The number of carbonyl (C=O) groups excluding carboxylic acids is 1. The molecule has 0 spiro atoms. The Bertz CT molecular complexity index is 1050. The molecule has 0 radical (unpaired) electrons. The van der Waals surface area contributed by atoms with E-state index in [1.807, 2.05) is 19.1 Å². The second kappa shape index (κ2) is 8.35. The molecule has 0 aliphatic rings. The van der Waals surface area contributed by atoms with Gasteiger partial charge < -0.3 is 5.32 Å². The van der Waals surface area contributed by atoms with Crippen LogP contribution in [0.4, 0.5) is 10.1 Å². The zero-order valence-electron chi connectivity index (χ0n) is 15.2. The number of hydrogen-bond acceptors (Lipinski definition) is 4. The van der Waals surface area contributed by atoms with E-state index in [0.29, 0.717) is 33.9 Å². The summed E-state index contributed by atoms with van der Waals surface area (Å²) >= 11 is 1.20. The lowest BCUT2D eigenvalue weighted by Gasteiger charge is -2.12. The van der Waals surface area contributed by atoms with Crippen molar-refractivity contribution in [1.29, 1.82) is 0 Å². The number of benzene rings is 2. The molecule has 1 aromatic heterocycles. The van der Waals surface area contributed by atoms with Crippen LogP contribution in [0.2, 0.25) is 0 Å². The molecular weight excluding hydrogens is 365 g/mol. The first-order valence-corrected chi connectivity index (χ1v) is 9.66. The van der Waals surface area contributed by atoms with E-state index in [1.165, 1.54) is 17.8 Å². The Labute approximate surface area is 160 Å². The second-order valence-electron chi connectivity index (χ2n) is 6.17. The number of fused-ring (bicyclic) bond motifs is 1. The largest absolute Gasteiger partial charge is 0.325 e. The lowest BCUT2D eigenvalue weighted by atomic mass is 10.2. The summed E-state index contributed by atoms with van der Waals surface area (Å²) in [7, 11) is 0. The standard InChI is InChI=1S/C20H20FN3O2S/c1-3-10-24-19(26)15-6-4-5-7-17(15)23-20(24)27-12-18(25)22-14-9-8-13(2)16(21)11-14/h4-9,11H,3,10,12H2,1-2H3,(H,22,25). The van der Waals surface area contributed by atoms with Crippen molar-refractivity contribution in [3.8, 4) is 0 Å². The number of para-hydroxylation sites is 1. The minimum Gasteiger partial charge on any atom is -0.325 e. The van der Waals surface area contributed by atoms with Gasteiger partial charge in [0.25, 0.3) is 5.56 Å². The van der Waals surface area contributed by atoms with Gasteiger partial charge in [-0.2, -0.15) is 0 Å². The summed E-state index contributed by atoms with van der Waals surface area (Å²) in [5.41, 5.74) is 1.43. The van der Waals surface area contributed by atoms with Crippen LogP contribution in [0.1, 0.15) is 18.9 Å². The molecule has 0 aliphatic carbocycles. The van der Waals surface area contributed by atoms with Crippen molar-refractivity contribution in [2.45, 2.75) is 32.0 Å². The Balaban J connectivity index is 1.79.